The van der Waals surface area contributed by atoms with Crippen LogP contribution in [0.1, 0.15) is 40.5 Å². The van der Waals surface area contributed by atoms with Gasteiger partial charge in [0.05, 0.1) is 5.69 Å². The molecule has 0 saturated carbocycles. The van der Waals surface area contributed by atoms with Crippen LogP contribution in [0.15, 0.2) is 30.4 Å². The normalized spacial score (nSPS) is 16.6. The maximum atomic E-state index is 12.3. The highest BCUT2D eigenvalue weighted by molar-refractivity contribution is 6.01. The highest BCUT2D eigenvalue weighted by Gasteiger charge is 2.31. The number of fused-ring (bicyclic) bond motifs is 1. The summed E-state index contributed by atoms with van der Waals surface area (Å²) in [5, 5.41) is 2.94. The van der Waals surface area contributed by atoms with Gasteiger partial charge in [-0.25, -0.2) is 0 Å². The van der Waals surface area contributed by atoms with Gasteiger partial charge in [-0.15, -0.1) is 0 Å². The predicted octanol–water partition coefficient (Wildman–Crippen LogP) is 3.75. The smallest absolute Gasteiger partial charge is 0.268 e. The van der Waals surface area contributed by atoms with Gasteiger partial charge in [0.2, 0.25) is 5.91 Å². The number of nitrogens with one attached hydrogen (secondary N) is 1. The van der Waals surface area contributed by atoms with Crippen molar-refractivity contribution in [1.82, 2.24) is 0 Å². The van der Waals surface area contributed by atoms with Gasteiger partial charge in [-0.2, -0.15) is 0 Å². The number of amides is 2. The molecular formula is C19H26N2O3. The molecule has 5 heteroatoms. The zero-order valence-corrected chi connectivity index (χ0v) is 14.9. The van der Waals surface area contributed by atoms with E-state index in [2.05, 4.69) is 11.9 Å². The number of nitrogens with zero attached hydrogens (tertiary/aromatic N) is 1. The van der Waals surface area contributed by atoms with E-state index >= 15 is 0 Å². The molecular weight excluding hydrogens is 304 g/mol. The van der Waals surface area contributed by atoms with Crippen molar-refractivity contribution in [2.24, 2.45) is 5.92 Å². The molecule has 0 aliphatic carbocycles. The fourth-order valence-electron chi connectivity index (χ4n) is 2.83. The zero-order valence-electron chi connectivity index (χ0n) is 14.9. The van der Waals surface area contributed by atoms with E-state index in [1.807, 2.05) is 26.8 Å². The van der Waals surface area contributed by atoms with Gasteiger partial charge in [0, 0.05) is 24.2 Å². The number of carbonyl (C=O) groups is 2. The molecule has 0 saturated heterocycles. The summed E-state index contributed by atoms with van der Waals surface area (Å²) in [6, 6.07) is 5.39. The first kappa shape index (κ1) is 18.0. The Kier molecular flexibility index (Phi) is 5.65. The predicted molar refractivity (Wildman–Crippen MR) is 96.4 cm³/mol. The Morgan fingerprint density at radius 1 is 1.38 bits per heavy atom. The molecule has 1 N–H and O–H groups in total. The maximum absolute atomic E-state index is 12.3. The van der Waals surface area contributed by atoms with Crippen molar-refractivity contribution >= 4 is 23.2 Å². The number of anilines is 2. The molecule has 1 atom stereocenters. The average molecular weight is 330 g/mol. The summed E-state index contributed by atoms with van der Waals surface area (Å²) in [5.74, 6) is 0.533. The lowest BCUT2D eigenvalue weighted by Crippen LogP contribution is -2.45. The van der Waals surface area contributed by atoms with Crippen LogP contribution in [0.2, 0.25) is 0 Å². The van der Waals surface area contributed by atoms with Crippen LogP contribution in [0.5, 0.6) is 5.75 Å². The second-order valence-electron chi connectivity index (χ2n) is 6.33. The van der Waals surface area contributed by atoms with Gasteiger partial charge in [-0.1, -0.05) is 26.0 Å². The Bertz CT molecular complexity index is 650. The van der Waals surface area contributed by atoms with Crippen LogP contribution < -0.4 is 15.0 Å². The molecule has 5 nitrogen and oxygen atoms in total. The fourth-order valence-corrected chi connectivity index (χ4v) is 2.83. The molecule has 0 bridgehead atoms. The Morgan fingerprint density at radius 2 is 2.04 bits per heavy atom. The van der Waals surface area contributed by atoms with E-state index in [4.69, 9.17) is 4.74 Å². The molecule has 1 unspecified atom stereocenters. The summed E-state index contributed by atoms with van der Waals surface area (Å²) in [4.78, 5) is 26.3. The SMILES string of the molecule is C=C(C)CN1C(=O)C(C)Oc2cc(NC(=O)C(CC)CC)ccc21. The third-order valence-electron chi connectivity index (χ3n) is 4.22. The van der Waals surface area contributed by atoms with E-state index in [1.165, 1.54) is 0 Å². The molecule has 1 aromatic carbocycles. The summed E-state index contributed by atoms with van der Waals surface area (Å²) < 4.78 is 5.72. The van der Waals surface area contributed by atoms with E-state index in [1.54, 1.807) is 24.0 Å². The number of hydrogen-bond acceptors (Lipinski definition) is 3. The first-order valence-corrected chi connectivity index (χ1v) is 8.44. The molecule has 0 radical (unpaired) electrons. The minimum Gasteiger partial charge on any atom is -0.479 e. The molecule has 24 heavy (non-hydrogen) atoms. The lowest BCUT2D eigenvalue weighted by molar-refractivity contribution is -0.125. The van der Waals surface area contributed by atoms with E-state index < -0.39 is 6.10 Å². The molecule has 0 fully saturated rings. The van der Waals surface area contributed by atoms with E-state index in [0.29, 0.717) is 23.7 Å². The van der Waals surface area contributed by atoms with E-state index in [-0.39, 0.29) is 17.7 Å². The van der Waals surface area contributed by atoms with Crippen molar-refractivity contribution < 1.29 is 14.3 Å². The van der Waals surface area contributed by atoms with Crippen LogP contribution in [0.25, 0.3) is 0 Å². The molecule has 0 aromatic heterocycles. The van der Waals surface area contributed by atoms with Crippen LogP contribution in [-0.4, -0.2) is 24.5 Å². The van der Waals surface area contributed by atoms with Crippen molar-refractivity contribution in [3.8, 4) is 5.75 Å². The van der Waals surface area contributed by atoms with E-state index in [0.717, 1.165) is 18.4 Å². The number of rotatable bonds is 6. The van der Waals surface area contributed by atoms with Gasteiger partial charge in [0.25, 0.3) is 5.91 Å². The van der Waals surface area contributed by atoms with Crippen LogP contribution in [0.4, 0.5) is 11.4 Å². The van der Waals surface area contributed by atoms with Crippen LogP contribution in [0.3, 0.4) is 0 Å². The molecule has 1 aliphatic rings. The van der Waals surface area contributed by atoms with Crippen molar-refractivity contribution in [1.29, 1.82) is 0 Å². The Morgan fingerprint density at radius 3 is 2.62 bits per heavy atom. The second kappa shape index (κ2) is 7.51. The van der Waals surface area contributed by atoms with Gasteiger partial charge >= 0.3 is 0 Å². The molecule has 2 rings (SSSR count). The third kappa shape index (κ3) is 3.78. The first-order valence-electron chi connectivity index (χ1n) is 8.44. The minimum absolute atomic E-state index is 0.00219. The van der Waals surface area contributed by atoms with Crippen molar-refractivity contribution in [2.45, 2.75) is 46.6 Å². The van der Waals surface area contributed by atoms with Gasteiger partial charge < -0.3 is 15.0 Å². The lowest BCUT2D eigenvalue weighted by Gasteiger charge is -2.33. The van der Waals surface area contributed by atoms with E-state index in [9.17, 15) is 9.59 Å². The lowest BCUT2D eigenvalue weighted by atomic mass is 10.0. The molecule has 0 spiro atoms. The average Bonchev–Trinajstić information content (AvgIpc) is 2.52. The Balaban J connectivity index is 2.27. The summed E-state index contributed by atoms with van der Waals surface area (Å²) in [5.41, 5.74) is 2.29. The van der Waals surface area contributed by atoms with Gasteiger partial charge in [0.15, 0.2) is 6.10 Å². The van der Waals surface area contributed by atoms with Crippen molar-refractivity contribution in [3.05, 3.63) is 30.4 Å². The highest BCUT2D eigenvalue weighted by Crippen LogP contribution is 2.36. The van der Waals surface area contributed by atoms with Crippen LogP contribution >= 0.6 is 0 Å². The number of hydrogen-bond donors (Lipinski definition) is 1. The minimum atomic E-state index is -0.554. The monoisotopic (exact) mass is 330 g/mol. The highest BCUT2D eigenvalue weighted by atomic mass is 16.5. The van der Waals surface area contributed by atoms with Gasteiger partial charge in [-0.05, 0) is 38.8 Å². The Hall–Kier alpha value is -2.30. The zero-order chi connectivity index (χ0) is 17.9. The quantitative estimate of drug-likeness (QED) is 0.808. The molecule has 2 amide bonds. The molecule has 1 heterocycles. The van der Waals surface area contributed by atoms with Gasteiger partial charge in [0.1, 0.15) is 5.75 Å². The maximum Gasteiger partial charge on any atom is 0.268 e. The summed E-state index contributed by atoms with van der Waals surface area (Å²) in [6.07, 6.45) is 1.06. The van der Waals surface area contributed by atoms with Crippen LogP contribution in [-0.2, 0) is 9.59 Å². The molecule has 1 aromatic rings. The fraction of sp³-hybridized carbons (Fsp3) is 0.474. The largest absolute Gasteiger partial charge is 0.479 e. The van der Waals surface area contributed by atoms with Crippen molar-refractivity contribution in [3.63, 3.8) is 0 Å². The first-order chi connectivity index (χ1) is 11.4. The summed E-state index contributed by atoms with van der Waals surface area (Å²) in [6.45, 7) is 12.0. The number of carbonyl (C=O) groups excluding carboxylic acids is 2. The Labute approximate surface area is 143 Å². The molecule has 1 aliphatic heterocycles. The number of ether oxygens (including phenoxy) is 1. The van der Waals surface area contributed by atoms with Crippen LogP contribution in [0, 0.1) is 5.92 Å². The topological polar surface area (TPSA) is 58.6 Å². The second-order valence-corrected chi connectivity index (χ2v) is 6.33. The standard InChI is InChI=1S/C19H26N2O3/c1-6-14(7-2)18(22)20-15-8-9-16-17(10-15)24-13(5)19(23)21(16)11-12(3)4/h8-10,13-14H,3,6-7,11H2,1-2,4-5H3,(H,20,22). The van der Waals surface area contributed by atoms with Crippen molar-refractivity contribution in [2.75, 3.05) is 16.8 Å². The summed E-state index contributed by atoms with van der Waals surface area (Å²) in [7, 11) is 0. The van der Waals surface area contributed by atoms with Gasteiger partial charge in [-0.3, -0.25) is 9.59 Å². The third-order valence-corrected chi connectivity index (χ3v) is 4.22. The summed E-state index contributed by atoms with van der Waals surface area (Å²) >= 11 is 0. The molecule has 130 valence electrons. The number of benzene rings is 1.